The monoisotopic (exact) mass is 315 g/mol. The molecule has 2 atom stereocenters. The van der Waals surface area contributed by atoms with Crippen molar-refractivity contribution in [2.75, 3.05) is 0 Å². The van der Waals surface area contributed by atoms with Crippen molar-refractivity contribution in [2.24, 2.45) is 0 Å². The second-order valence-corrected chi connectivity index (χ2v) is 6.15. The fourth-order valence-electron chi connectivity index (χ4n) is 2.99. The number of esters is 1. The highest BCUT2D eigenvalue weighted by Crippen LogP contribution is 2.41. The van der Waals surface area contributed by atoms with E-state index in [0.717, 1.165) is 0 Å². The fourth-order valence-corrected chi connectivity index (χ4v) is 2.99. The maximum atomic E-state index is 12.3. The Morgan fingerprint density at radius 3 is 2.61 bits per heavy atom. The molecule has 1 aromatic rings. The summed E-state index contributed by atoms with van der Waals surface area (Å²) in [6.07, 6.45) is 1.46. The van der Waals surface area contributed by atoms with E-state index in [1.165, 1.54) is 6.08 Å². The molecule has 0 aromatic heterocycles. The van der Waals surface area contributed by atoms with Gasteiger partial charge in [0, 0.05) is 12.0 Å². The van der Waals surface area contributed by atoms with Crippen LogP contribution in [0.25, 0.3) is 0 Å². The van der Waals surface area contributed by atoms with Crippen LogP contribution in [0.15, 0.2) is 42.0 Å². The molecule has 1 amide bonds. The largest absolute Gasteiger partial charge is 0.454 e. The van der Waals surface area contributed by atoms with E-state index in [2.05, 4.69) is 5.32 Å². The van der Waals surface area contributed by atoms with Crippen molar-refractivity contribution in [3.05, 3.63) is 47.5 Å². The van der Waals surface area contributed by atoms with Crippen molar-refractivity contribution in [1.82, 2.24) is 5.32 Å². The molecule has 1 N–H and O–H groups in total. The molecule has 1 spiro atoms. The summed E-state index contributed by atoms with van der Waals surface area (Å²) in [4.78, 5) is 35.8. The van der Waals surface area contributed by atoms with Crippen molar-refractivity contribution >= 4 is 18.2 Å². The highest BCUT2D eigenvalue weighted by atomic mass is 16.6. The molecule has 6 heteroatoms. The van der Waals surface area contributed by atoms with Gasteiger partial charge in [-0.2, -0.15) is 0 Å². The smallest absolute Gasteiger partial charge is 0.338 e. The predicted molar refractivity (Wildman–Crippen MR) is 80.4 cm³/mol. The van der Waals surface area contributed by atoms with E-state index in [0.29, 0.717) is 11.8 Å². The van der Waals surface area contributed by atoms with Crippen molar-refractivity contribution in [2.45, 2.75) is 37.7 Å². The molecule has 1 aliphatic carbocycles. The number of ether oxygens (including phenoxy) is 2. The quantitative estimate of drug-likeness (QED) is 0.673. The molecule has 1 saturated heterocycles. The lowest BCUT2D eigenvalue weighted by Gasteiger charge is -2.25. The van der Waals surface area contributed by atoms with Gasteiger partial charge in [-0.25, -0.2) is 4.79 Å². The molecular weight excluding hydrogens is 298 g/mol. The van der Waals surface area contributed by atoms with E-state index in [1.807, 2.05) is 0 Å². The molecule has 23 heavy (non-hydrogen) atoms. The highest BCUT2D eigenvalue weighted by molar-refractivity contribution is 5.99. The Kier molecular flexibility index (Phi) is 3.56. The number of benzene rings is 1. The van der Waals surface area contributed by atoms with E-state index in [4.69, 9.17) is 9.47 Å². The summed E-state index contributed by atoms with van der Waals surface area (Å²) >= 11 is 0. The minimum absolute atomic E-state index is 0.0922. The molecule has 2 aliphatic rings. The summed E-state index contributed by atoms with van der Waals surface area (Å²) < 4.78 is 11.2. The number of hydrogen-bond acceptors (Lipinski definition) is 5. The number of hydrogen-bond donors (Lipinski definition) is 1. The molecule has 6 nitrogen and oxygen atoms in total. The fraction of sp³-hybridized carbons (Fsp3) is 0.353. The zero-order chi connectivity index (χ0) is 16.7. The average Bonchev–Trinajstić information content (AvgIpc) is 2.96. The predicted octanol–water partition coefficient (Wildman–Crippen LogP) is 1.36. The lowest BCUT2D eigenvalue weighted by Crippen LogP contribution is -2.41. The van der Waals surface area contributed by atoms with E-state index in [-0.39, 0.29) is 17.9 Å². The Morgan fingerprint density at radius 2 is 2.04 bits per heavy atom. The lowest BCUT2D eigenvalue weighted by molar-refractivity contribution is -0.135. The number of carbonyl (C=O) groups excluding carboxylic acids is 3. The first-order valence-corrected chi connectivity index (χ1v) is 7.33. The first kappa shape index (κ1) is 15.4. The number of carbonyl (C=O) groups is 3. The third-order valence-electron chi connectivity index (χ3n) is 3.93. The highest BCUT2D eigenvalue weighted by Gasteiger charge is 2.58. The number of amides is 1. The van der Waals surface area contributed by atoms with E-state index in [1.54, 1.807) is 44.2 Å². The van der Waals surface area contributed by atoms with Gasteiger partial charge >= 0.3 is 5.97 Å². The zero-order valence-corrected chi connectivity index (χ0v) is 12.9. The Bertz CT molecular complexity index is 694. The summed E-state index contributed by atoms with van der Waals surface area (Å²) in [6, 6.07) is 8.54. The summed E-state index contributed by atoms with van der Waals surface area (Å²) in [5.74, 6) is -0.897. The Morgan fingerprint density at radius 1 is 1.35 bits per heavy atom. The van der Waals surface area contributed by atoms with Gasteiger partial charge in [0.05, 0.1) is 5.56 Å². The van der Waals surface area contributed by atoms with Crippen LogP contribution in [0.2, 0.25) is 0 Å². The topological polar surface area (TPSA) is 81.7 Å². The average molecular weight is 315 g/mol. The van der Waals surface area contributed by atoms with Gasteiger partial charge < -0.3 is 14.8 Å². The molecule has 1 heterocycles. The van der Waals surface area contributed by atoms with Crippen molar-refractivity contribution in [1.29, 1.82) is 0 Å². The van der Waals surface area contributed by atoms with Crippen LogP contribution in [0, 0.1) is 0 Å². The molecule has 1 aromatic carbocycles. The van der Waals surface area contributed by atoms with Gasteiger partial charge in [0.15, 0.2) is 5.60 Å². The Labute approximate surface area is 133 Å². The van der Waals surface area contributed by atoms with Gasteiger partial charge in [0.1, 0.15) is 18.1 Å². The SMILES string of the molecule is CC1(C)NC(=O)[C@@]2(C[C@@H](OC(=O)c3ccccc3)C=C2C=O)O1. The minimum Gasteiger partial charge on any atom is -0.454 e. The summed E-state index contributed by atoms with van der Waals surface area (Å²) in [7, 11) is 0. The molecule has 3 rings (SSSR count). The normalized spacial score (nSPS) is 28.3. The molecule has 0 radical (unpaired) electrons. The standard InChI is InChI=1S/C17H17NO5/c1-16(2)18-15(21)17(23-16)9-13(8-12(17)10-19)22-14(20)11-6-4-3-5-7-11/h3-8,10,13H,9H2,1-2H3,(H,18,21)/t13-,17-/m0/s1. The summed E-state index contributed by atoms with van der Waals surface area (Å²) in [5, 5.41) is 2.69. The second-order valence-electron chi connectivity index (χ2n) is 6.15. The van der Waals surface area contributed by atoms with Crippen LogP contribution in [0.3, 0.4) is 0 Å². The molecule has 0 saturated carbocycles. The number of rotatable bonds is 3. The molecular formula is C17H17NO5. The van der Waals surface area contributed by atoms with Crippen LogP contribution in [0.1, 0.15) is 30.6 Å². The van der Waals surface area contributed by atoms with E-state index in [9.17, 15) is 14.4 Å². The lowest BCUT2D eigenvalue weighted by atomic mass is 9.95. The number of nitrogens with one attached hydrogen (secondary N) is 1. The van der Waals surface area contributed by atoms with Crippen LogP contribution in [0.5, 0.6) is 0 Å². The first-order chi connectivity index (χ1) is 10.9. The third kappa shape index (κ3) is 2.66. The van der Waals surface area contributed by atoms with Crippen molar-refractivity contribution < 1.29 is 23.9 Å². The molecule has 0 bridgehead atoms. The maximum absolute atomic E-state index is 12.3. The molecule has 0 unspecified atom stereocenters. The number of aldehydes is 1. The summed E-state index contributed by atoms with van der Waals surface area (Å²) in [6.45, 7) is 3.40. The Hall–Kier alpha value is -2.47. The second kappa shape index (κ2) is 5.31. The maximum Gasteiger partial charge on any atom is 0.338 e. The van der Waals surface area contributed by atoms with Crippen molar-refractivity contribution in [3.8, 4) is 0 Å². The van der Waals surface area contributed by atoms with Crippen molar-refractivity contribution in [3.63, 3.8) is 0 Å². The molecule has 1 aliphatic heterocycles. The third-order valence-corrected chi connectivity index (χ3v) is 3.93. The van der Waals surface area contributed by atoms with Crippen LogP contribution in [-0.4, -0.2) is 35.6 Å². The molecule has 1 fully saturated rings. The van der Waals surface area contributed by atoms with Crippen LogP contribution >= 0.6 is 0 Å². The van der Waals surface area contributed by atoms with E-state index >= 15 is 0 Å². The Balaban J connectivity index is 1.80. The zero-order valence-electron chi connectivity index (χ0n) is 12.9. The summed E-state index contributed by atoms with van der Waals surface area (Å²) in [5.41, 5.74) is -1.66. The first-order valence-electron chi connectivity index (χ1n) is 7.33. The van der Waals surface area contributed by atoms with Crippen LogP contribution in [0.4, 0.5) is 0 Å². The van der Waals surface area contributed by atoms with Crippen LogP contribution < -0.4 is 5.32 Å². The van der Waals surface area contributed by atoms with E-state index < -0.39 is 23.4 Å². The van der Waals surface area contributed by atoms with Gasteiger partial charge in [-0.05, 0) is 32.1 Å². The van der Waals surface area contributed by atoms with Gasteiger partial charge in [-0.15, -0.1) is 0 Å². The van der Waals surface area contributed by atoms with Gasteiger partial charge in [-0.1, -0.05) is 18.2 Å². The van der Waals surface area contributed by atoms with Gasteiger partial charge in [0.25, 0.3) is 5.91 Å². The minimum atomic E-state index is -1.38. The van der Waals surface area contributed by atoms with Crippen LogP contribution in [-0.2, 0) is 19.1 Å². The van der Waals surface area contributed by atoms with Gasteiger partial charge in [-0.3, -0.25) is 9.59 Å². The molecule has 120 valence electrons. The van der Waals surface area contributed by atoms with Gasteiger partial charge in [0.2, 0.25) is 0 Å².